The number of hydrogen-bond donors (Lipinski definition) is 0. The third-order valence-electron chi connectivity index (χ3n) is 3.62. The molecular weight excluding hydrogens is 359 g/mol. The Bertz CT molecular complexity index is 383. The van der Waals surface area contributed by atoms with Crippen LogP contribution in [0.2, 0.25) is 0 Å². The van der Waals surface area contributed by atoms with Gasteiger partial charge in [0.1, 0.15) is 0 Å². The van der Waals surface area contributed by atoms with Gasteiger partial charge in [0.05, 0.1) is 0 Å². The van der Waals surface area contributed by atoms with Crippen molar-refractivity contribution >= 4 is 3.76 Å². The van der Waals surface area contributed by atoms with E-state index in [2.05, 4.69) is 41.9 Å². The zero-order valence-electron chi connectivity index (χ0n) is 10.1. The third-order valence-corrected chi connectivity index (χ3v) is 4.47. The molecule has 2 rings (SSSR count). The molecule has 0 spiro atoms. The molecule has 0 fully saturated rings. The van der Waals surface area contributed by atoms with Crippen molar-refractivity contribution in [3.05, 3.63) is 46.6 Å². The van der Waals surface area contributed by atoms with Crippen molar-refractivity contribution in [2.75, 3.05) is 0 Å². The quantitative estimate of drug-likeness (QED) is 0.653. The summed E-state index contributed by atoms with van der Waals surface area (Å²) < 4.78 is 2.45. The summed E-state index contributed by atoms with van der Waals surface area (Å²) in [7, 11) is 0. The second-order valence-electron chi connectivity index (χ2n) is 4.62. The maximum atomic E-state index is 2.45. The van der Waals surface area contributed by atoms with Crippen LogP contribution in [0, 0.1) is 5.92 Å². The standard InChI is InChI=1S/C15H18.Hf/c1-4-13(14-9-5-7-11(14)2)15-10-6-8-12(15)3;/h1,5-8,13H,4,9-10H2,2-3H3;. The molecule has 2 aliphatic rings. The van der Waals surface area contributed by atoms with Crippen LogP contribution < -0.4 is 0 Å². The van der Waals surface area contributed by atoms with E-state index in [1.165, 1.54) is 54.3 Å². The molecule has 0 saturated heterocycles. The van der Waals surface area contributed by atoms with E-state index in [1.807, 2.05) is 0 Å². The van der Waals surface area contributed by atoms with E-state index < -0.39 is 0 Å². The van der Waals surface area contributed by atoms with Crippen LogP contribution in [0.4, 0.5) is 0 Å². The first-order valence-corrected chi connectivity index (χ1v) is 8.02. The fourth-order valence-corrected chi connectivity index (χ4v) is 3.56. The number of hydrogen-bond acceptors (Lipinski definition) is 0. The van der Waals surface area contributed by atoms with Crippen LogP contribution in [0.15, 0.2) is 46.6 Å². The van der Waals surface area contributed by atoms with Gasteiger partial charge in [-0.3, -0.25) is 0 Å². The summed E-state index contributed by atoms with van der Waals surface area (Å²) in [6.07, 6.45) is 12.8. The van der Waals surface area contributed by atoms with E-state index >= 15 is 0 Å². The van der Waals surface area contributed by atoms with Crippen molar-refractivity contribution in [3.63, 3.8) is 0 Å². The van der Waals surface area contributed by atoms with Crippen molar-refractivity contribution in [2.24, 2.45) is 5.92 Å². The summed E-state index contributed by atoms with van der Waals surface area (Å²) in [6.45, 7) is 4.52. The molecule has 16 heavy (non-hydrogen) atoms. The van der Waals surface area contributed by atoms with E-state index in [0.717, 1.165) is 0 Å². The van der Waals surface area contributed by atoms with Gasteiger partial charge < -0.3 is 0 Å². The van der Waals surface area contributed by atoms with Crippen LogP contribution in [-0.4, -0.2) is 3.76 Å². The van der Waals surface area contributed by atoms with Crippen LogP contribution in [0.25, 0.3) is 0 Å². The van der Waals surface area contributed by atoms with Crippen LogP contribution >= 0.6 is 0 Å². The molecule has 0 radical (unpaired) electrons. The van der Waals surface area contributed by atoms with Gasteiger partial charge in [-0.15, -0.1) is 0 Å². The van der Waals surface area contributed by atoms with Crippen LogP contribution in [0.1, 0.15) is 33.1 Å². The molecular formula is C15H18Hf. The van der Waals surface area contributed by atoms with Crippen molar-refractivity contribution in [3.8, 4) is 0 Å². The molecule has 0 amide bonds. The molecule has 0 unspecified atom stereocenters. The fourth-order valence-electron chi connectivity index (χ4n) is 2.71. The van der Waals surface area contributed by atoms with Crippen LogP contribution in [0.5, 0.6) is 0 Å². The Morgan fingerprint density at radius 2 is 1.62 bits per heavy atom. The van der Waals surface area contributed by atoms with Crippen LogP contribution in [0.3, 0.4) is 0 Å². The summed E-state index contributed by atoms with van der Waals surface area (Å²) in [5.74, 6) is 0.683. The fraction of sp³-hybridized carbons (Fsp3) is 0.400. The van der Waals surface area contributed by atoms with Gasteiger partial charge >= 0.3 is 113 Å². The number of rotatable bonds is 4. The second kappa shape index (κ2) is 5.35. The van der Waals surface area contributed by atoms with Gasteiger partial charge in [-0.25, -0.2) is 0 Å². The van der Waals surface area contributed by atoms with Gasteiger partial charge in [-0.05, 0) is 0 Å². The summed E-state index contributed by atoms with van der Waals surface area (Å²) in [5, 5.41) is 0. The third kappa shape index (κ3) is 2.34. The van der Waals surface area contributed by atoms with Gasteiger partial charge in [-0.1, -0.05) is 0 Å². The topological polar surface area (TPSA) is 0 Å². The summed E-state index contributed by atoms with van der Waals surface area (Å²) in [5.41, 5.74) is 6.32. The van der Waals surface area contributed by atoms with Crippen molar-refractivity contribution in [2.45, 2.75) is 33.1 Å². The molecule has 0 aliphatic heterocycles. The normalized spacial score (nSPS) is 19.4. The van der Waals surface area contributed by atoms with Crippen molar-refractivity contribution in [1.82, 2.24) is 0 Å². The molecule has 1 heteroatoms. The maximum absolute atomic E-state index is 2.45. The summed E-state index contributed by atoms with van der Waals surface area (Å²) >= 11 is 1.21. The molecule has 0 aromatic carbocycles. The summed E-state index contributed by atoms with van der Waals surface area (Å²) in [6, 6.07) is 0. The zero-order valence-corrected chi connectivity index (χ0v) is 13.7. The molecule has 0 atom stereocenters. The Balaban J connectivity index is 2.29. The molecule has 0 saturated carbocycles. The Morgan fingerprint density at radius 3 is 1.94 bits per heavy atom. The average molecular weight is 377 g/mol. The minimum atomic E-state index is 0.683. The predicted octanol–water partition coefficient (Wildman–Crippen LogP) is 3.89. The Labute approximate surface area is 113 Å². The predicted molar refractivity (Wildman–Crippen MR) is 67.1 cm³/mol. The van der Waals surface area contributed by atoms with Gasteiger partial charge in [0.2, 0.25) is 0 Å². The molecule has 0 bridgehead atoms. The van der Waals surface area contributed by atoms with Gasteiger partial charge in [-0.2, -0.15) is 0 Å². The monoisotopic (exact) mass is 378 g/mol. The number of allylic oxidation sites excluding steroid dienone is 8. The van der Waals surface area contributed by atoms with E-state index in [0.29, 0.717) is 5.92 Å². The van der Waals surface area contributed by atoms with Crippen molar-refractivity contribution in [1.29, 1.82) is 0 Å². The molecule has 2 aliphatic carbocycles. The SMILES string of the molecule is CC1=C(C(C[CH]=[Hf])C2=C(C)C=CC2)CC=C1. The van der Waals surface area contributed by atoms with Gasteiger partial charge in [0, 0.05) is 0 Å². The second-order valence-corrected chi connectivity index (χ2v) is 6.09. The van der Waals surface area contributed by atoms with E-state index in [-0.39, 0.29) is 0 Å². The molecule has 82 valence electrons. The van der Waals surface area contributed by atoms with Crippen LogP contribution in [-0.2, 0) is 23.9 Å². The zero-order chi connectivity index (χ0) is 11.5. The van der Waals surface area contributed by atoms with Gasteiger partial charge in [0.25, 0.3) is 0 Å². The molecule has 0 N–H and O–H groups in total. The molecule has 0 heterocycles. The van der Waals surface area contributed by atoms with Gasteiger partial charge in [0.15, 0.2) is 0 Å². The molecule has 0 aromatic heterocycles. The Morgan fingerprint density at radius 1 is 1.12 bits per heavy atom. The van der Waals surface area contributed by atoms with E-state index in [1.54, 1.807) is 11.1 Å². The molecule has 0 nitrogen and oxygen atoms in total. The first-order chi connectivity index (χ1) is 7.74. The Kier molecular flexibility index (Phi) is 4.07. The average Bonchev–Trinajstić information content (AvgIpc) is 2.84. The van der Waals surface area contributed by atoms with E-state index in [4.69, 9.17) is 0 Å². The first-order valence-electron chi connectivity index (χ1n) is 5.95. The minimum absolute atomic E-state index is 0.683. The van der Waals surface area contributed by atoms with Crippen molar-refractivity contribution < 1.29 is 23.9 Å². The molecule has 0 aromatic rings. The Hall–Kier alpha value is -0.300. The van der Waals surface area contributed by atoms with E-state index in [9.17, 15) is 0 Å². The summed E-state index contributed by atoms with van der Waals surface area (Å²) in [4.78, 5) is 0. The first kappa shape index (κ1) is 12.2.